The van der Waals surface area contributed by atoms with E-state index in [2.05, 4.69) is 5.32 Å². The Bertz CT molecular complexity index is 1170. The molecule has 4 rings (SSSR count). The monoisotopic (exact) mass is 452 g/mol. The normalized spacial score (nSPS) is 14.0. The van der Waals surface area contributed by atoms with Crippen molar-refractivity contribution in [3.05, 3.63) is 81.1 Å². The minimum absolute atomic E-state index is 0.0325. The highest BCUT2D eigenvalue weighted by Gasteiger charge is 2.40. The maximum Gasteiger partial charge on any atom is 0.282 e. The summed E-state index contributed by atoms with van der Waals surface area (Å²) in [6, 6.07) is 16.1. The van der Waals surface area contributed by atoms with Crippen LogP contribution in [0.1, 0.15) is 24.3 Å². The number of halogens is 1. The molecule has 0 saturated carbocycles. The molecule has 1 N–H and O–H groups in total. The van der Waals surface area contributed by atoms with Crippen molar-refractivity contribution >= 4 is 51.7 Å². The number of hydrogen-bond donors (Lipinski definition) is 1. The first kappa shape index (κ1) is 21.2. The molecule has 1 aliphatic rings. The number of carbonyl (C=O) groups excluding carboxylic acids is 2. The fraction of sp³-hybridized carbons (Fsp3) is 0.167. The van der Waals surface area contributed by atoms with E-state index in [0.29, 0.717) is 27.7 Å². The second kappa shape index (κ2) is 8.57. The van der Waals surface area contributed by atoms with Crippen molar-refractivity contribution in [2.45, 2.75) is 26.9 Å². The van der Waals surface area contributed by atoms with Crippen LogP contribution in [0.25, 0.3) is 5.57 Å². The standard InChI is InChI=1S/C24H21ClN2O3S/c1-14(2)30-18-10-8-17(9-11-18)27-23(28)21(20-5-4-12-31-20)22(24(27)29)26-16-7-6-15(3)19(25)13-16/h4-14,26H,1-3H3. The van der Waals surface area contributed by atoms with Crippen molar-refractivity contribution in [1.82, 2.24) is 0 Å². The number of nitrogens with zero attached hydrogens (tertiary/aromatic N) is 1. The van der Waals surface area contributed by atoms with Gasteiger partial charge in [0.05, 0.1) is 17.4 Å². The van der Waals surface area contributed by atoms with Crippen LogP contribution in [-0.2, 0) is 9.59 Å². The Labute approximate surface area is 189 Å². The molecule has 0 bridgehead atoms. The Kier molecular flexibility index (Phi) is 5.85. The van der Waals surface area contributed by atoms with Gasteiger partial charge in [0.15, 0.2) is 0 Å². The lowest BCUT2D eigenvalue weighted by atomic mass is 10.1. The van der Waals surface area contributed by atoms with Gasteiger partial charge in [0.25, 0.3) is 11.8 Å². The van der Waals surface area contributed by atoms with Gasteiger partial charge in [-0.1, -0.05) is 23.7 Å². The topological polar surface area (TPSA) is 58.6 Å². The Morgan fingerprint density at radius 1 is 1.03 bits per heavy atom. The van der Waals surface area contributed by atoms with Crippen molar-refractivity contribution in [3.63, 3.8) is 0 Å². The Balaban J connectivity index is 1.71. The van der Waals surface area contributed by atoms with Crippen LogP contribution in [0.4, 0.5) is 11.4 Å². The smallest absolute Gasteiger partial charge is 0.282 e. The largest absolute Gasteiger partial charge is 0.491 e. The van der Waals surface area contributed by atoms with Crippen molar-refractivity contribution in [3.8, 4) is 5.75 Å². The predicted octanol–water partition coefficient (Wildman–Crippen LogP) is 5.89. The number of imide groups is 1. The van der Waals surface area contributed by atoms with Crippen molar-refractivity contribution in [2.24, 2.45) is 0 Å². The molecule has 1 aliphatic heterocycles. The molecule has 31 heavy (non-hydrogen) atoms. The zero-order valence-electron chi connectivity index (χ0n) is 17.3. The number of amides is 2. The van der Waals surface area contributed by atoms with Crippen LogP contribution < -0.4 is 15.0 Å². The number of ether oxygens (including phenoxy) is 1. The van der Waals surface area contributed by atoms with Crippen LogP contribution in [0, 0.1) is 6.92 Å². The van der Waals surface area contributed by atoms with E-state index in [0.717, 1.165) is 10.4 Å². The molecule has 2 aromatic carbocycles. The first-order chi connectivity index (χ1) is 14.8. The van der Waals surface area contributed by atoms with Gasteiger partial charge in [-0.05, 0) is 74.2 Å². The summed E-state index contributed by atoms with van der Waals surface area (Å²) >= 11 is 7.66. The zero-order chi connectivity index (χ0) is 22.1. The van der Waals surface area contributed by atoms with E-state index in [1.165, 1.54) is 16.2 Å². The maximum absolute atomic E-state index is 13.4. The Morgan fingerprint density at radius 2 is 1.77 bits per heavy atom. The first-order valence-electron chi connectivity index (χ1n) is 9.82. The first-order valence-corrected chi connectivity index (χ1v) is 11.1. The van der Waals surface area contributed by atoms with Gasteiger partial charge in [0.1, 0.15) is 11.4 Å². The summed E-state index contributed by atoms with van der Waals surface area (Å²) in [6.45, 7) is 5.78. The average Bonchev–Trinajstić information content (AvgIpc) is 3.32. The predicted molar refractivity (Wildman–Crippen MR) is 126 cm³/mol. The van der Waals surface area contributed by atoms with Gasteiger partial charge < -0.3 is 10.1 Å². The summed E-state index contributed by atoms with van der Waals surface area (Å²) < 4.78 is 5.66. The minimum Gasteiger partial charge on any atom is -0.491 e. The fourth-order valence-electron chi connectivity index (χ4n) is 3.29. The van der Waals surface area contributed by atoms with Crippen molar-refractivity contribution in [1.29, 1.82) is 0 Å². The molecule has 0 fully saturated rings. The minimum atomic E-state index is -0.414. The molecule has 0 saturated heterocycles. The molecule has 2 amide bonds. The molecule has 3 aromatic rings. The van der Waals surface area contributed by atoms with E-state index in [1.807, 2.05) is 50.4 Å². The lowest BCUT2D eigenvalue weighted by Crippen LogP contribution is -2.32. The Morgan fingerprint density at radius 3 is 2.39 bits per heavy atom. The van der Waals surface area contributed by atoms with Crippen molar-refractivity contribution in [2.75, 3.05) is 10.2 Å². The molecule has 5 nitrogen and oxygen atoms in total. The van der Waals surface area contributed by atoms with Gasteiger partial charge in [0.2, 0.25) is 0 Å². The molecular formula is C24H21ClN2O3S. The fourth-order valence-corrected chi connectivity index (χ4v) is 4.24. The van der Waals surface area contributed by atoms with E-state index in [1.54, 1.807) is 30.3 Å². The quantitative estimate of drug-likeness (QED) is 0.473. The highest BCUT2D eigenvalue weighted by molar-refractivity contribution is 7.11. The summed E-state index contributed by atoms with van der Waals surface area (Å²) in [5.74, 6) is -0.106. The second-order valence-electron chi connectivity index (χ2n) is 7.42. The lowest BCUT2D eigenvalue weighted by Gasteiger charge is -2.17. The van der Waals surface area contributed by atoms with Crippen LogP contribution in [0.5, 0.6) is 5.75 Å². The number of benzene rings is 2. The van der Waals surface area contributed by atoms with Crippen LogP contribution in [0.3, 0.4) is 0 Å². The summed E-state index contributed by atoms with van der Waals surface area (Å²) in [7, 11) is 0. The summed E-state index contributed by atoms with van der Waals surface area (Å²) in [5.41, 5.74) is 2.63. The molecule has 0 unspecified atom stereocenters. The summed E-state index contributed by atoms with van der Waals surface area (Å²) in [4.78, 5) is 28.6. The highest BCUT2D eigenvalue weighted by Crippen LogP contribution is 2.36. The number of nitrogens with one attached hydrogen (secondary N) is 1. The van der Waals surface area contributed by atoms with E-state index in [4.69, 9.17) is 16.3 Å². The SMILES string of the molecule is Cc1ccc(NC2=C(c3cccs3)C(=O)N(c3ccc(OC(C)C)cc3)C2=O)cc1Cl. The molecule has 158 valence electrons. The van der Waals surface area contributed by atoms with Crippen LogP contribution in [0.2, 0.25) is 5.02 Å². The van der Waals surface area contributed by atoms with Gasteiger partial charge in [0, 0.05) is 15.6 Å². The van der Waals surface area contributed by atoms with Gasteiger partial charge in [-0.3, -0.25) is 9.59 Å². The summed E-state index contributed by atoms with van der Waals surface area (Å²) in [6.07, 6.45) is 0.0325. The number of rotatable bonds is 6. The third-order valence-electron chi connectivity index (χ3n) is 4.76. The molecule has 0 spiro atoms. The summed E-state index contributed by atoms with van der Waals surface area (Å²) in [5, 5.41) is 5.59. The van der Waals surface area contributed by atoms with Gasteiger partial charge in [-0.15, -0.1) is 11.3 Å². The van der Waals surface area contributed by atoms with Crippen molar-refractivity contribution < 1.29 is 14.3 Å². The molecule has 0 aliphatic carbocycles. The molecule has 1 aromatic heterocycles. The molecule has 7 heteroatoms. The van der Waals surface area contributed by atoms with Crippen LogP contribution >= 0.6 is 22.9 Å². The third kappa shape index (κ3) is 4.22. The van der Waals surface area contributed by atoms with Gasteiger partial charge in [-0.2, -0.15) is 0 Å². The van der Waals surface area contributed by atoms with E-state index < -0.39 is 5.91 Å². The highest BCUT2D eigenvalue weighted by atomic mass is 35.5. The average molecular weight is 453 g/mol. The number of aryl methyl sites for hydroxylation is 1. The zero-order valence-corrected chi connectivity index (χ0v) is 18.9. The van der Waals surface area contributed by atoms with Crippen LogP contribution in [0.15, 0.2) is 65.7 Å². The number of thiophene rings is 1. The number of carbonyl (C=O) groups is 2. The van der Waals surface area contributed by atoms with Crippen LogP contribution in [-0.4, -0.2) is 17.9 Å². The number of hydrogen-bond acceptors (Lipinski definition) is 5. The van der Waals surface area contributed by atoms with E-state index in [9.17, 15) is 9.59 Å². The Hall–Kier alpha value is -3.09. The van der Waals surface area contributed by atoms with Gasteiger partial charge in [-0.25, -0.2) is 4.90 Å². The molecule has 0 atom stereocenters. The number of anilines is 2. The molecular weight excluding hydrogens is 432 g/mol. The van der Waals surface area contributed by atoms with E-state index in [-0.39, 0.29) is 17.7 Å². The van der Waals surface area contributed by atoms with Gasteiger partial charge >= 0.3 is 0 Å². The third-order valence-corrected chi connectivity index (χ3v) is 6.05. The maximum atomic E-state index is 13.4. The molecule has 2 heterocycles. The van der Waals surface area contributed by atoms with E-state index >= 15 is 0 Å². The molecule has 0 radical (unpaired) electrons. The second-order valence-corrected chi connectivity index (χ2v) is 8.78. The lowest BCUT2D eigenvalue weighted by molar-refractivity contribution is -0.120.